The molecule has 0 radical (unpaired) electrons. The van der Waals surface area contributed by atoms with Gasteiger partial charge in [-0.05, 0) is 54.5 Å². The highest BCUT2D eigenvalue weighted by atomic mass is 79.9. The average molecular weight is 339 g/mol. The predicted octanol–water partition coefficient (Wildman–Crippen LogP) is 2.62. The minimum Gasteiger partial charge on any atom is -0.479 e. The molecule has 1 unspecified atom stereocenters. The molecular formula is C13H15BrN4O2. The van der Waals surface area contributed by atoms with Crippen molar-refractivity contribution in [3.8, 4) is 11.4 Å². The highest BCUT2D eigenvalue weighted by Gasteiger charge is 2.37. The zero-order valence-corrected chi connectivity index (χ0v) is 13.0. The molecule has 106 valence electrons. The second-order valence-corrected chi connectivity index (χ2v) is 5.72. The Morgan fingerprint density at radius 1 is 1.50 bits per heavy atom. The van der Waals surface area contributed by atoms with Crippen LogP contribution in [0.1, 0.15) is 25.8 Å². The fourth-order valence-electron chi connectivity index (χ4n) is 1.96. The third kappa shape index (κ3) is 2.33. The number of nitrogens with zero attached hydrogens (tertiary/aromatic N) is 4. The molecule has 1 heterocycles. The number of carbonyl (C=O) groups is 1. The number of carboxylic acid groups (broad SMARTS) is 1. The highest BCUT2D eigenvalue weighted by molar-refractivity contribution is 9.10. The number of hydrogen-bond acceptors (Lipinski definition) is 4. The van der Waals surface area contributed by atoms with E-state index < -0.39 is 11.5 Å². The van der Waals surface area contributed by atoms with Gasteiger partial charge in [-0.2, -0.15) is 0 Å². The first kappa shape index (κ1) is 14.6. The summed E-state index contributed by atoms with van der Waals surface area (Å²) in [4.78, 5) is 11.5. The summed E-state index contributed by atoms with van der Waals surface area (Å²) in [5.41, 5.74) is 0.622. The number of rotatable bonds is 4. The molecule has 0 aliphatic heterocycles. The third-order valence-electron chi connectivity index (χ3n) is 3.52. The van der Waals surface area contributed by atoms with Gasteiger partial charge >= 0.3 is 5.97 Å². The molecule has 0 amide bonds. The molecule has 1 atom stereocenters. The molecule has 0 bridgehead atoms. The lowest BCUT2D eigenvalue weighted by molar-refractivity contribution is -0.147. The van der Waals surface area contributed by atoms with Gasteiger partial charge in [-0.25, -0.2) is 9.48 Å². The largest absolute Gasteiger partial charge is 0.479 e. The Bertz CT molecular complexity index is 656. The number of aryl methyl sites for hydroxylation is 1. The number of halogens is 1. The fraction of sp³-hybridized carbons (Fsp3) is 0.385. The fourth-order valence-corrected chi connectivity index (χ4v) is 2.43. The van der Waals surface area contributed by atoms with E-state index in [9.17, 15) is 9.90 Å². The summed E-state index contributed by atoms with van der Waals surface area (Å²) in [7, 11) is 0. The van der Waals surface area contributed by atoms with E-state index in [0.717, 1.165) is 15.6 Å². The Morgan fingerprint density at radius 2 is 2.20 bits per heavy atom. The predicted molar refractivity (Wildman–Crippen MR) is 77.3 cm³/mol. The standard InChI is InChI=1S/C13H15BrN4O2/c1-4-13(3,12(19)20)18-11(15-16-17-18)10-6-5-9(14)7-8(10)2/h5-7H,4H2,1-3H3,(H,19,20). The molecule has 1 aromatic carbocycles. The Labute approximate surface area is 124 Å². The van der Waals surface area contributed by atoms with Crippen LogP contribution in [0.2, 0.25) is 0 Å². The molecular weight excluding hydrogens is 324 g/mol. The van der Waals surface area contributed by atoms with Gasteiger partial charge in [0.25, 0.3) is 0 Å². The lowest BCUT2D eigenvalue weighted by Crippen LogP contribution is -2.39. The summed E-state index contributed by atoms with van der Waals surface area (Å²) in [5, 5.41) is 21.0. The van der Waals surface area contributed by atoms with Gasteiger partial charge in [0.1, 0.15) is 0 Å². The molecule has 2 aromatic rings. The first-order valence-corrected chi connectivity index (χ1v) is 6.98. The number of tetrazole rings is 1. The topological polar surface area (TPSA) is 80.9 Å². The number of carboxylic acids is 1. The van der Waals surface area contributed by atoms with Crippen molar-refractivity contribution < 1.29 is 9.90 Å². The normalized spacial score (nSPS) is 14.0. The molecule has 0 spiro atoms. The summed E-state index contributed by atoms with van der Waals surface area (Å²) >= 11 is 3.40. The van der Waals surface area contributed by atoms with Crippen molar-refractivity contribution in [3.05, 3.63) is 28.2 Å². The van der Waals surface area contributed by atoms with E-state index in [-0.39, 0.29) is 0 Å². The number of aromatic nitrogens is 4. The van der Waals surface area contributed by atoms with Gasteiger partial charge in [-0.15, -0.1) is 5.10 Å². The molecule has 0 saturated carbocycles. The molecule has 0 saturated heterocycles. The summed E-state index contributed by atoms with van der Waals surface area (Å²) in [6.45, 7) is 5.35. The molecule has 20 heavy (non-hydrogen) atoms. The van der Waals surface area contributed by atoms with Gasteiger partial charge in [0.05, 0.1) is 0 Å². The number of benzene rings is 1. The van der Waals surface area contributed by atoms with Gasteiger partial charge < -0.3 is 5.11 Å². The van der Waals surface area contributed by atoms with Gasteiger partial charge in [0, 0.05) is 10.0 Å². The van der Waals surface area contributed by atoms with Crippen molar-refractivity contribution in [3.63, 3.8) is 0 Å². The lowest BCUT2D eigenvalue weighted by Gasteiger charge is -2.24. The summed E-state index contributed by atoms with van der Waals surface area (Å²) < 4.78 is 2.33. The first-order valence-electron chi connectivity index (χ1n) is 6.19. The molecule has 0 fully saturated rings. The number of aliphatic carboxylic acids is 1. The maximum Gasteiger partial charge on any atom is 0.331 e. The smallest absolute Gasteiger partial charge is 0.331 e. The molecule has 0 aliphatic carbocycles. The minimum atomic E-state index is -1.17. The van der Waals surface area contributed by atoms with E-state index in [4.69, 9.17) is 0 Å². The van der Waals surface area contributed by atoms with Crippen molar-refractivity contribution in [2.24, 2.45) is 0 Å². The van der Waals surface area contributed by atoms with Crippen LogP contribution >= 0.6 is 15.9 Å². The van der Waals surface area contributed by atoms with Crippen LogP contribution < -0.4 is 0 Å². The Hall–Kier alpha value is -1.76. The van der Waals surface area contributed by atoms with Crippen LogP contribution in [0.25, 0.3) is 11.4 Å². The average Bonchev–Trinajstić information content (AvgIpc) is 2.87. The van der Waals surface area contributed by atoms with Gasteiger partial charge in [-0.3, -0.25) is 0 Å². The van der Waals surface area contributed by atoms with Crippen molar-refractivity contribution in [2.75, 3.05) is 0 Å². The first-order chi connectivity index (χ1) is 9.40. The van der Waals surface area contributed by atoms with E-state index >= 15 is 0 Å². The minimum absolute atomic E-state index is 0.385. The second-order valence-electron chi connectivity index (χ2n) is 4.81. The van der Waals surface area contributed by atoms with Crippen LogP contribution in [0.3, 0.4) is 0 Å². The second kappa shape index (κ2) is 5.32. The third-order valence-corrected chi connectivity index (χ3v) is 4.01. The van der Waals surface area contributed by atoms with Crippen molar-refractivity contribution in [1.29, 1.82) is 0 Å². The Balaban J connectivity index is 2.61. The van der Waals surface area contributed by atoms with Crippen molar-refractivity contribution >= 4 is 21.9 Å². The quantitative estimate of drug-likeness (QED) is 0.926. The molecule has 0 aliphatic rings. The molecule has 6 nitrogen and oxygen atoms in total. The lowest BCUT2D eigenvalue weighted by atomic mass is 9.98. The summed E-state index contributed by atoms with van der Waals surface area (Å²) in [5.74, 6) is -0.495. The van der Waals surface area contributed by atoms with Crippen LogP contribution in [0.5, 0.6) is 0 Å². The van der Waals surface area contributed by atoms with E-state index in [0.29, 0.717) is 12.2 Å². The summed E-state index contributed by atoms with van der Waals surface area (Å²) in [6, 6.07) is 5.70. The van der Waals surface area contributed by atoms with Crippen molar-refractivity contribution in [2.45, 2.75) is 32.7 Å². The highest BCUT2D eigenvalue weighted by Crippen LogP contribution is 2.29. The van der Waals surface area contributed by atoms with Gasteiger partial charge in [0.15, 0.2) is 11.4 Å². The Kier molecular flexibility index (Phi) is 3.89. The number of hydrogen-bond donors (Lipinski definition) is 1. The molecule has 7 heteroatoms. The maximum atomic E-state index is 11.5. The summed E-state index contributed by atoms with van der Waals surface area (Å²) in [6.07, 6.45) is 0.385. The van der Waals surface area contributed by atoms with Crippen LogP contribution in [0, 0.1) is 6.92 Å². The molecule has 1 aromatic heterocycles. The van der Waals surface area contributed by atoms with Gasteiger partial charge in [0.2, 0.25) is 0 Å². The van der Waals surface area contributed by atoms with E-state index in [1.54, 1.807) is 13.8 Å². The molecule has 1 N–H and O–H groups in total. The van der Waals surface area contributed by atoms with E-state index in [2.05, 4.69) is 31.5 Å². The van der Waals surface area contributed by atoms with Crippen molar-refractivity contribution in [1.82, 2.24) is 20.2 Å². The SMILES string of the molecule is CCC(C)(C(=O)O)n1nnnc1-c1ccc(Br)cc1C. The van der Waals surface area contributed by atoms with Crippen LogP contribution in [-0.2, 0) is 10.3 Å². The van der Waals surface area contributed by atoms with E-state index in [1.807, 2.05) is 25.1 Å². The zero-order chi connectivity index (χ0) is 14.9. The monoisotopic (exact) mass is 338 g/mol. The zero-order valence-electron chi connectivity index (χ0n) is 11.5. The van der Waals surface area contributed by atoms with Crippen LogP contribution in [0.15, 0.2) is 22.7 Å². The maximum absolute atomic E-state index is 11.5. The van der Waals surface area contributed by atoms with Gasteiger partial charge in [-0.1, -0.05) is 22.9 Å². The van der Waals surface area contributed by atoms with Crippen LogP contribution in [0.4, 0.5) is 0 Å². The van der Waals surface area contributed by atoms with Crippen LogP contribution in [-0.4, -0.2) is 31.3 Å². The Morgan fingerprint density at radius 3 is 2.75 bits per heavy atom. The van der Waals surface area contributed by atoms with E-state index in [1.165, 1.54) is 4.68 Å². The molecule has 2 rings (SSSR count).